The Balaban J connectivity index is 1.81. The molecule has 1 aromatic rings. The minimum Gasteiger partial charge on any atom is -0.504 e. The third-order valence-electron chi connectivity index (χ3n) is 11.2. The molecule has 27 nitrogen and oxygen atoms in total. The van der Waals surface area contributed by atoms with Crippen LogP contribution in [0.4, 0.5) is 4.79 Å². The number of benzene rings is 1. The Hall–Kier alpha value is -5.14. The third-order valence-corrected chi connectivity index (χ3v) is 11.6. The zero-order valence-electron chi connectivity index (χ0n) is 37.8. The number of fused-ring (bicyclic) bond motifs is 2. The van der Waals surface area contributed by atoms with Crippen molar-refractivity contribution in [3.8, 4) is 11.5 Å². The molecule has 382 valence electrons. The molecule has 0 aliphatic carbocycles. The molecular formula is C40H62N8O19S. The van der Waals surface area contributed by atoms with Crippen molar-refractivity contribution >= 4 is 53.9 Å². The topological polar surface area (TPSA) is 411 Å². The first-order chi connectivity index (χ1) is 31.8. The molecule has 3 aliphatic rings. The van der Waals surface area contributed by atoms with Gasteiger partial charge in [-0.3, -0.25) is 28.8 Å². The Kier molecular flexibility index (Phi) is 19.9. The number of nitrogens with one attached hydrogen (secondary N) is 5. The van der Waals surface area contributed by atoms with Gasteiger partial charge in [-0.15, -0.1) is 0 Å². The fraction of sp³-hybridized carbons (Fsp3) is 0.675. The molecular weight excluding hydrogens is 929 g/mol. The number of aliphatic hydroxyl groups excluding tert-OH is 6. The standard InChI is InChI=1S/C40H62N8O19S/c1-17-15-48-31(32(17)55)36(59)43-14-20(50)12-22(41)33(56)44-28(18(2)49)37(60)47-16-21(51)13-23(47)34(57)45-29(26(54)10-19-6-7-24(52)27(11-19)65-68-67-66-63)35(58)46-30(38(48)61)25(53)8-9-42-39(62)64-40(3,4)5/h6-7,11,17-18,20-23,25-26,28-32,49-55,63H,8-10,12-16,41H2,1-5H3,(H,42,62)(H,43,59)(H,44,56)(H,45,57)(H,46,58)/t17-,18+,20+,21+,22+,23+,25-,26-,28+,29+,30+,31+,32+/m1/s1. The molecule has 3 aliphatic heterocycles. The van der Waals surface area contributed by atoms with Gasteiger partial charge in [-0.2, -0.15) is 0 Å². The number of amides is 7. The summed E-state index contributed by atoms with van der Waals surface area (Å²) in [5.74, 6) is -8.32. The minimum absolute atomic E-state index is 0.0771. The average Bonchev–Trinajstić information content (AvgIpc) is 3.80. The van der Waals surface area contributed by atoms with Gasteiger partial charge in [0.25, 0.3) is 12.3 Å². The number of hydrogen-bond acceptors (Lipinski definition) is 21. The van der Waals surface area contributed by atoms with Crippen molar-refractivity contribution in [1.82, 2.24) is 36.4 Å². The van der Waals surface area contributed by atoms with E-state index in [1.807, 2.05) is 0 Å². The van der Waals surface area contributed by atoms with Crippen LogP contribution in [0.2, 0.25) is 0 Å². The number of hydrogen-bond donors (Lipinski definition) is 14. The monoisotopic (exact) mass is 990 g/mol. The highest BCUT2D eigenvalue weighted by atomic mass is 32.2. The number of nitrogens with two attached hydrogens (primary N) is 1. The van der Waals surface area contributed by atoms with Gasteiger partial charge < -0.3 is 86.8 Å². The number of alkyl carbamates (subject to hydrolysis) is 1. The zero-order valence-corrected chi connectivity index (χ0v) is 38.7. The number of β-amino-alcohol motifs (C(OH)–C–C–N with tert-alkyl or cyclic N) is 1. The lowest BCUT2D eigenvalue weighted by atomic mass is 9.98. The number of carbonyl (C=O) groups is 7. The van der Waals surface area contributed by atoms with E-state index in [9.17, 15) is 69.3 Å². The molecule has 0 saturated carbocycles. The van der Waals surface area contributed by atoms with Crippen LogP contribution in [-0.2, 0) is 49.3 Å². The summed E-state index contributed by atoms with van der Waals surface area (Å²) in [6.45, 7) is 5.70. The van der Waals surface area contributed by atoms with Crippen LogP contribution in [0.5, 0.6) is 11.5 Å². The molecule has 68 heavy (non-hydrogen) atoms. The minimum atomic E-state index is -2.11. The maximum Gasteiger partial charge on any atom is 0.407 e. The van der Waals surface area contributed by atoms with Crippen molar-refractivity contribution in [1.29, 1.82) is 0 Å². The van der Waals surface area contributed by atoms with Crippen LogP contribution in [0, 0.1) is 5.92 Å². The number of aliphatic hydroxyl groups is 6. The van der Waals surface area contributed by atoms with Crippen LogP contribution in [0.1, 0.15) is 59.4 Å². The summed E-state index contributed by atoms with van der Waals surface area (Å²) in [6.07, 6.45) is -12.8. The van der Waals surface area contributed by atoms with E-state index in [0.29, 0.717) is 0 Å². The third kappa shape index (κ3) is 14.9. The largest absolute Gasteiger partial charge is 0.504 e. The molecule has 13 atom stereocenters. The Bertz CT molecular complexity index is 1960. The maximum atomic E-state index is 14.6. The van der Waals surface area contributed by atoms with E-state index in [1.165, 1.54) is 19.1 Å². The number of nitrogens with zero attached hydrogens (tertiary/aromatic N) is 2. The number of carbonyl (C=O) groups excluding carboxylic acids is 7. The van der Waals surface area contributed by atoms with Crippen LogP contribution in [-0.4, -0.2) is 197 Å². The van der Waals surface area contributed by atoms with E-state index < -0.39 is 170 Å². The van der Waals surface area contributed by atoms with Crippen molar-refractivity contribution in [3.63, 3.8) is 0 Å². The van der Waals surface area contributed by atoms with E-state index in [1.54, 1.807) is 20.8 Å². The normalized spacial score (nSPS) is 29.5. The second kappa shape index (κ2) is 24.4. The Labute approximate surface area is 394 Å². The van der Waals surface area contributed by atoms with E-state index in [-0.39, 0.29) is 36.7 Å². The molecule has 0 bridgehead atoms. The molecule has 7 amide bonds. The Morgan fingerprint density at radius 2 is 1.53 bits per heavy atom. The van der Waals surface area contributed by atoms with Crippen LogP contribution in [0.15, 0.2) is 18.2 Å². The SMILES string of the molecule is C[C@H](O)[C@@H]1NC(=O)[C@@H](N)C[C@H](O)CNC(=O)[C@@H]2[C@@H](O)[C@H](C)CN2C(=O)[C@H]([C@H](O)CCNC(=O)OC(C)(C)C)NC(=O)[C@H]([C@H](O)Cc2ccc(O)c(OSOOO)c2)NC(=O)[C@@H]2C[C@H](O)CN2C1=O. The van der Waals surface area contributed by atoms with Crippen LogP contribution < -0.4 is 36.5 Å². The molecule has 4 rings (SSSR count). The molecule has 3 heterocycles. The molecule has 0 spiro atoms. The Morgan fingerprint density at radius 3 is 2.18 bits per heavy atom. The number of phenolic OH excluding ortho intramolecular Hbond substituents is 1. The van der Waals surface area contributed by atoms with E-state index >= 15 is 0 Å². The molecule has 0 radical (unpaired) electrons. The smallest absolute Gasteiger partial charge is 0.407 e. The van der Waals surface area contributed by atoms with Crippen molar-refractivity contribution in [2.24, 2.45) is 11.7 Å². The lowest BCUT2D eigenvalue weighted by Crippen LogP contribution is -2.64. The van der Waals surface area contributed by atoms with Gasteiger partial charge in [-0.25, -0.2) is 10.1 Å². The van der Waals surface area contributed by atoms with Crippen molar-refractivity contribution in [2.75, 3.05) is 26.2 Å². The molecule has 0 aromatic heterocycles. The number of rotatable bonds is 12. The summed E-state index contributed by atoms with van der Waals surface area (Å²) < 4.78 is 14.5. The highest BCUT2D eigenvalue weighted by Crippen LogP contribution is 2.31. The first kappa shape index (κ1) is 55.5. The first-order valence-corrected chi connectivity index (χ1v) is 22.2. The summed E-state index contributed by atoms with van der Waals surface area (Å²) in [5, 5.41) is 101. The van der Waals surface area contributed by atoms with Gasteiger partial charge in [0.2, 0.25) is 35.4 Å². The summed E-state index contributed by atoms with van der Waals surface area (Å²) >= 11 is 0.0771. The molecule has 28 heteroatoms. The predicted octanol–water partition coefficient (Wildman–Crippen LogP) is -4.85. The molecule has 3 saturated heterocycles. The summed E-state index contributed by atoms with van der Waals surface area (Å²) in [6, 6.07) is -7.23. The van der Waals surface area contributed by atoms with Crippen molar-refractivity contribution in [3.05, 3.63) is 23.8 Å². The second-order valence-electron chi connectivity index (χ2n) is 17.9. The molecule has 15 N–H and O–H groups in total. The first-order valence-electron chi connectivity index (χ1n) is 21.6. The van der Waals surface area contributed by atoms with Gasteiger partial charge in [0.15, 0.2) is 11.5 Å². The van der Waals surface area contributed by atoms with Crippen molar-refractivity contribution < 1.29 is 92.9 Å². The lowest BCUT2D eigenvalue weighted by molar-refractivity contribution is -0.433. The van der Waals surface area contributed by atoms with Crippen LogP contribution in [0.25, 0.3) is 0 Å². The lowest BCUT2D eigenvalue weighted by Gasteiger charge is -2.34. The number of ether oxygens (including phenoxy) is 1. The number of aromatic hydroxyl groups is 1. The van der Waals surface area contributed by atoms with Gasteiger partial charge in [-0.05, 0) is 58.2 Å². The average molecular weight is 991 g/mol. The fourth-order valence-corrected chi connectivity index (χ4v) is 8.06. The van der Waals surface area contributed by atoms with E-state index in [0.717, 1.165) is 22.8 Å². The highest BCUT2D eigenvalue weighted by Gasteiger charge is 2.49. The van der Waals surface area contributed by atoms with Gasteiger partial charge in [0.05, 0.1) is 42.7 Å². The Morgan fingerprint density at radius 1 is 0.882 bits per heavy atom. The number of phenols is 1. The second-order valence-corrected chi connectivity index (χ2v) is 18.3. The van der Waals surface area contributed by atoms with Gasteiger partial charge in [0.1, 0.15) is 35.8 Å². The highest BCUT2D eigenvalue weighted by molar-refractivity contribution is 7.90. The van der Waals surface area contributed by atoms with E-state index in [2.05, 4.69) is 36.0 Å². The molecule has 1 aromatic carbocycles. The fourth-order valence-electron chi connectivity index (χ4n) is 7.80. The van der Waals surface area contributed by atoms with Gasteiger partial charge in [-0.1, -0.05) is 22.4 Å². The van der Waals surface area contributed by atoms with Gasteiger partial charge in [0, 0.05) is 44.9 Å². The van der Waals surface area contributed by atoms with E-state index in [4.69, 9.17) is 19.9 Å². The van der Waals surface area contributed by atoms with Crippen LogP contribution in [0.3, 0.4) is 0 Å². The summed E-state index contributed by atoms with van der Waals surface area (Å²) in [5.41, 5.74) is 5.26. The van der Waals surface area contributed by atoms with Crippen molar-refractivity contribution in [2.45, 2.75) is 139 Å². The summed E-state index contributed by atoms with van der Waals surface area (Å²) in [4.78, 5) is 98.6. The summed E-state index contributed by atoms with van der Waals surface area (Å²) in [7, 11) is 0. The van der Waals surface area contributed by atoms with Crippen LogP contribution >= 0.6 is 12.3 Å². The maximum absolute atomic E-state index is 14.6. The molecule has 3 fully saturated rings. The quantitative estimate of drug-likeness (QED) is 0.0404. The zero-order chi connectivity index (χ0) is 50.8. The predicted molar refractivity (Wildman–Crippen MR) is 232 cm³/mol. The molecule has 0 unspecified atom stereocenters. The van der Waals surface area contributed by atoms with Gasteiger partial charge >= 0.3 is 6.09 Å².